The highest BCUT2D eigenvalue weighted by Gasteiger charge is 2.17. The van der Waals surface area contributed by atoms with E-state index in [1.54, 1.807) is 24.9 Å². The first-order valence-electron chi connectivity index (χ1n) is 4.59. The van der Waals surface area contributed by atoms with Gasteiger partial charge in [0.15, 0.2) is 0 Å². The number of aryl methyl sites for hydroxylation is 1. The van der Waals surface area contributed by atoms with Gasteiger partial charge in [0.05, 0.1) is 24.2 Å². The second kappa shape index (κ2) is 4.20. The summed E-state index contributed by atoms with van der Waals surface area (Å²) in [6.07, 6.45) is 6.57. The average molecular weight is 204 g/mol. The molecule has 2 heterocycles. The van der Waals surface area contributed by atoms with Crippen molar-refractivity contribution in [3.8, 4) is 0 Å². The Balaban J connectivity index is 2.37. The lowest BCUT2D eigenvalue weighted by atomic mass is 10.1. The maximum Gasteiger partial charge on any atom is 0.105 e. The summed E-state index contributed by atoms with van der Waals surface area (Å²) in [6.45, 7) is 1.88. The smallest absolute Gasteiger partial charge is 0.105 e. The molecule has 2 aromatic rings. The van der Waals surface area contributed by atoms with Crippen LogP contribution in [0.3, 0.4) is 0 Å². The lowest BCUT2D eigenvalue weighted by molar-refractivity contribution is 0.518. The van der Waals surface area contributed by atoms with Crippen LogP contribution >= 0.6 is 0 Å². The Hall–Kier alpha value is -1.72. The van der Waals surface area contributed by atoms with E-state index in [0.29, 0.717) is 0 Å². The predicted molar refractivity (Wildman–Crippen MR) is 54.6 cm³/mol. The van der Waals surface area contributed by atoms with Gasteiger partial charge in [-0.2, -0.15) is 0 Å². The van der Waals surface area contributed by atoms with Gasteiger partial charge in [0.2, 0.25) is 0 Å². The first kappa shape index (κ1) is 9.82. The third kappa shape index (κ3) is 1.88. The largest absolute Gasteiger partial charge is 0.469 e. The Bertz CT molecular complexity index is 426. The van der Waals surface area contributed by atoms with E-state index in [1.807, 2.05) is 13.0 Å². The molecule has 0 aliphatic rings. The number of furan rings is 1. The number of hydrazine groups is 1. The summed E-state index contributed by atoms with van der Waals surface area (Å²) >= 11 is 0. The minimum Gasteiger partial charge on any atom is -0.469 e. The number of rotatable bonds is 3. The second-order valence-corrected chi connectivity index (χ2v) is 3.16. The summed E-state index contributed by atoms with van der Waals surface area (Å²) in [5.41, 5.74) is 4.44. The fourth-order valence-corrected chi connectivity index (χ4v) is 1.49. The molecule has 3 N–H and O–H groups in total. The topological polar surface area (TPSA) is 77.0 Å². The van der Waals surface area contributed by atoms with Gasteiger partial charge < -0.3 is 4.42 Å². The summed E-state index contributed by atoms with van der Waals surface area (Å²) in [7, 11) is 0. The molecule has 0 bridgehead atoms. The van der Waals surface area contributed by atoms with Crippen molar-refractivity contribution in [1.82, 2.24) is 15.4 Å². The summed E-state index contributed by atoms with van der Waals surface area (Å²) in [5, 5.41) is 0. The van der Waals surface area contributed by atoms with Crippen LogP contribution in [0.2, 0.25) is 0 Å². The average Bonchev–Trinajstić information content (AvgIpc) is 2.68. The van der Waals surface area contributed by atoms with E-state index in [0.717, 1.165) is 17.0 Å². The summed E-state index contributed by atoms with van der Waals surface area (Å²) in [6, 6.07) is 1.69. The van der Waals surface area contributed by atoms with Crippen LogP contribution in [0.1, 0.15) is 23.1 Å². The van der Waals surface area contributed by atoms with Crippen LogP contribution < -0.4 is 11.3 Å². The molecule has 15 heavy (non-hydrogen) atoms. The van der Waals surface area contributed by atoms with Crippen molar-refractivity contribution >= 4 is 0 Å². The fraction of sp³-hybridized carbons (Fsp3) is 0.200. The number of nitrogens with one attached hydrogen (secondary N) is 1. The van der Waals surface area contributed by atoms with Crippen LogP contribution in [0.5, 0.6) is 0 Å². The van der Waals surface area contributed by atoms with Crippen LogP contribution in [-0.2, 0) is 0 Å². The van der Waals surface area contributed by atoms with Crippen molar-refractivity contribution in [2.24, 2.45) is 5.84 Å². The zero-order chi connectivity index (χ0) is 10.7. The van der Waals surface area contributed by atoms with Crippen molar-refractivity contribution in [3.05, 3.63) is 47.9 Å². The van der Waals surface area contributed by atoms with E-state index in [-0.39, 0.29) is 6.04 Å². The SMILES string of the molecule is Cc1occc1C(NN)c1cnccn1. The van der Waals surface area contributed by atoms with Crippen molar-refractivity contribution in [3.63, 3.8) is 0 Å². The quantitative estimate of drug-likeness (QED) is 0.574. The Labute approximate surface area is 87.3 Å². The third-order valence-corrected chi connectivity index (χ3v) is 2.26. The number of aromatic nitrogens is 2. The number of hydrogen-bond donors (Lipinski definition) is 2. The van der Waals surface area contributed by atoms with Crippen molar-refractivity contribution in [1.29, 1.82) is 0 Å². The van der Waals surface area contributed by atoms with Gasteiger partial charge in [-0.1, -0.05) is 0 Å². The Morgan fingerprint density at radius 1 is 1.47 bits per heavy atom. The molecule has 0 fully saturated rings. The molecule has 0 saturated heterocycles. The Morgan fingerprint density at radius 2 is 2.33 bits per heavy atom. The van der Waals surface area contributed by atoms with E-state index >= 15 is 0 Å². The van der Waals surface area contributed by atoms with Gasteiger partial charge in [-0.15, -0.1) is 0 Å². The standard InChI is InChI=1S/C10H12N4O/c1-7-8(2-5-15-7)10(14-11)9-6-12-3-4-13-9/h2-6,10,14H,11H2,1H3. The molecule has 2 rings (SSSR count). The zero-order valence-electron chi connectivity index (χ0n) is 8.34. The van der Waals surface area contributed by atoms with Gasteiger partial charge in [-0.3, -0.25) is 15.8 Å². The molecular formula is C10H12N4O. The lowest BCUT2D eigenvalue weighted by Crippen LogP contribution is -2.29. The van der Waals surface area contributed by atoms with Crippen LogP contribution in [0.4, 0.5) is 0 Å². The molecular weight excluding hydrogens is 192 g/mol. The van der Waals surface area contributed by atoms with Gasteiger partial charge in [0.25, 0.3) is 0 Å². The molecule has 5 nitrogen and oxygen atoms in total. The van der Waals surface area contributed by atoms with Crippen LogP contribution in [0.15, 0.2) is 35.3 Å². The van der Waals surface area contributed by atoms with Crippen LogP contribution in [0.25, 0.3) is 0 Å². The number of nitrogens with two attached hydrogens (primary N) is 1. The molecule has 0 aliphatic carbocycles. The molecule has 2 aromatic heterocycles. The van der Waals surface area contributed by atoms with Crippen molar-refractivity contribution in [2.45, 2.75) is 13.0 Å². The summed E-state index contributed by atoms with van der Waals surface area (Å²) in [5.74, 6) is 6.33. The molecule has 1 unspecified atom stereocenters. The Kier molecular flexibility index (Phi) is 2.75. The predicted octanol–water partition coefficient (Wildman–Crippen LogP) is 0.931. The van der Waals surface area contributed by atoms with Crippen LogP contribution in [0, 0.1) is 6.92 Å². The molecule has 0 amide bonds. The summed E-state index contributed by atoms with van der Waals surface area (Å²) < 4.78 is 5.23. The van der Waals surface area contributed by atoms with E-state index in [1.165, 1.54) is 0 Å². The molecule has 1 atom stereocenters. The second-order valence-electron chi connectivity index (χ2n) is 3.16. The molecule has 0 aliphatic heterocycles. The monoisotopic (exact) mass is 204 g/mol. The highest BCUT2D eigenvalue weighted by molar-refractivity contribution is 5.27. The molecule has 5 heteroatoms. The van der Waals surface area contributed by atoms with Gasteiger partial charge in [-0.25, -0.2) is 5.43 Å². The van der Waals surface area contributed by atoms with Crippen LogP contribution in [-0.4, -0.2) is 9.97 Å². The molecule has 0 radical (unpaired) electrons. The van der Waals surface area contributed by atoms with Gasteiger partial charge in [0, 0.05) is 18.0 Å². The van der Waals surface area contributed by atoms with Gasteiger partial charge >= 0.3 is 0 Å². The molecule has 0 saturated carbocycles. The highest BCUT2D eigenvalue weighted by Crippen LogP contribution is 2.22. The first-order valence-corrected chi connectivity index (χ1v) is 4.59. The van der Waals surface area contributed by atoms with Crippen molar-refractivity contribution < 1.29 is 4.42 Å². The maximum atomic E-state index is 5.51. The minimum absolute atomic E-state index is 0.183. The zero-order valence-corrected chi connectivity index (χ0v) is 8.34. The number of nitrogens with zero attached hydrogens (tertiary/aromatic N) is 2. The number of hydrogen-bond acceptors (Lipinski definition) is 5. The summed E-state index contributed by atoms with van der Waals surface area (Å²) in [4.78, 5) is 8.20. The normalized spacial score (nSPS) is 12.7. The Morgan fingerprint density at radius 3 is 2.87 bits per heavy atom. The lowest BCUT2D eigenvalue weighted by Gasteiger charge is -2.13. The first-order chi connectivity index (χ1) is 7.33. The van der Waals surface area contributed by atoms with E-state index in [9.17, 15) is 0 Å². The minimum atomic E-state index is -0.183. The molecule has 0 aromatic carbocycles. The van der Waals surface area contributed by atoms with E-state index in [4.69, 9.17) is 10.3 Å². The molecule has 0 spiro atoms. The molecule has 78 valence electrons. The third-order valence-electron chi connectivity index (χ3n) is 2.26. The highest BCUT2D eigenvalue weighted by atomic mass is 16.3. The van der Waals surface area contributed by atoms with E-state index < -0.39 is 0 Å². The van der Waals surface area contributed by atoms with Gasteiger partial charge in [0.1, 0.15) is 5.76 Å². The van der Waals surface area contributed by atoms with E-state index in [2.05, 4.69) is 15.4 Å². The maximum absolute atomic E-state index is 5.51. The fourth-order valence-electron chi connectivity index (χ4n) is 1.49. The van der Waals surface area contributed by atoms with Gasteiger partial charge in [-0.05, 0) is 13.0 Å². The van der Waals surface area contributed by atoms with Crippen molar-refractivity contribution in [2.75, 3.05) is 0 Å².